The quantitative estimate of drug-likeness (QED) is 0.822. The summed E-state index contributed by atoms with van der Waals surface area (Å²) in [4.78, 5) is 2.63. The summed E-state index contributed by atoms with van der Waals surface area (Å²) in [6.07, 6.45) is 7.12. The number of benzene rings is 2. The van der Waals surface area contributed by atoms with E-state index in [-0.39, 0.29) is 0 Å². The fraction of sp³-hybridized carbons (Fsp3) is 0.500. The Kier molecular flexibility index (Phi) is 5.42. The third-order valence-corrected chi connectivity index (χ3v) is 6.49. The van der Waals surface area contributed by atoms with Gasteiger partial charge in [-0.2, -0.15) is 0 Å². The van der Waals surface area contributed by atoms with E-state index in [9.17, 15) is 5.11 Å². The number of rotatable bonds is 6. The van der Waals surface area contributed by atoms with E-state index < -0.39 is 5.60 Å². The van der Waals surface area contributed by atoms with Gasteiger partial charge in [0.25, 0.3) is 0 Å². The van der Waals surface area contributed by atoms with Crippen LogP contribution in [0.25, 0.3) is 0 Å². The van der Waals surface area contributed by atoms with E-state index in [2.05, 4.69) is 41.3 Å². The number of hydrogen-bond donors (Lipinski definition) is 1. The minimum atomic E-state index is -0.798. The molecule has 3 aliphatic rings. The smallest absolute Gasteiger partial charge is 0.0948 e. The molecule has 1 aliphatic carbocycles. The van der Waals surface area contributed by atoms with E-state index in [1.54, 1.807) is 0 Å². The Bertz CT molecular complexity index is 664. The van der Waals surface area contributed by atoms with Gasteiger partial charge in [-0.15, -0.1) is 0 Å². The highest BCUT2D eigenvalue weighted by Crippen LogP contribution is 2.35. The summed E-state index contributed by atoms with van der Waals surface area (Å²) < 4.78 is 0. The SMILES string of the molecule is OC(CCN1CC2CCC(CC2)C1)(Cc1ccccc1)c1ccccc1. The summed E-state index contributed by atoms with van der Waals surface area (Å²) in [7, 11) is 0. The first-order valence-electron chi connectivity index (χ1n) is 10.3. The Morgan fingerprint density at radius 1 is 0.808 bits per heavy atom. The highest BCUT2D eigenvalue weighted by atomic mass is 16.3. The summed E-state index contributed by atoms with van der Waals surface area (Å²) in [6, 6.07) is 20.7. The van der Waals surface area contributed by atoms with Crippen molar-refractivity contribution in [2.24, 2.45) is 11.8 Å². The van der Waals surface area contributed by atoms with Gasteiger partial charge in [-0.1, -0.05) is 60.7 Å². The molecule has 0 aromatic heterocycles. The van der Waals surface area contributed by atoms with E-state index in [0.717, 1.165) is 30.4 Å². The molecule has 26 heavy (non-hydrogen) atoms. The van der Waals surface area contributed by atoms with Crippen molar-refractivity contribution in [1.29, 1.82) is 0 Å². The van der Waals surface area contributed by atoms with Crippen molar-refractivity contribution in [3.63, 3.8) is 0 Å². The zero-order valence-corrected chi connectivity index (χ0v) is 15.7. The van der Waals surface area contributed by atoms with Crippen LogP contribution in [0, 0.1) is 11.8 Å². The van der Waals surface area contributed by atoms with Crippen molar-refractivity contribution >= 4 is 0 Å². The van der Waals surface area contributed by atoms with Crippen LogP contribution in [0.4, 0.5) is 0 Å². The summed E-state index contributed by atoms with van der Waals surface area (Å²) in [5, 5.41) is 11.7. The van der Waals surface area contributed by atoms with E-state index >= 15 is 0 Å². The predicted molar refractivity (Wildman–Crippen MR) is 107 cm³/mol. The number of hydrogen-bond acceptors (Lipinski definition) is 2. The average molecular weight is 350 g/mol. The lowest BCUT2D eigenvalue weighted by molar-refractivity contribution is 0.0163. The van der Waals surface area contributed by atoms with Crippen molar-refractivity contribution in [3.8, 4) is 0 Å². The molecule has 2 heterocycles. The lowest BCUT2D eigenvalue weighted by Crippen LogP contribution is -2.37. The molecular formula is C24H31NO. The first kappa shape index (κ1) is 17.8. The Balaban J connectivity index is 1.50. The van der Waals surface area contributed by atoms with Gasteiger partial charge >= 0.3 is 0 Å². The highest BCUT2D eigenvalue weighted by Gasteiger charge is 2.33. The van der Waals surface area contributed by atoms with Gasteiger partial charge in [-0.05, 0) is 55.1 Å². The van der Waals surface area contributed by atoms with E-state index in [1.165, 1.54) is 44.3 Å². The topological polar surface area (TPSA) is 23.5 Å². The van der Waals surface area contributed by atoms with Gasteiger partial charge in [0.05, 0.1) is 5.60 Å². The molecule has 2 saturated heterocycles. The third kappa shape index (κ3) is 4.19. The van der Waals surface area contributed by atoms with Gasteiger partial charge in [0.1, 0.15) is 0 Å². The van der Waals surface area contributed by atoms with Gasteiger partial charge in [-0.25, -0.2) is 0 Å². The summed E-state index contributed by atoms with van der Waals surface area (Å²) >= 11 is 0. The van der Waals surface area contributed by atoms with Crippen LogP contribution in [0.2, 0.25) is 0 Å². The zero-order chi connectivity index (χ0) is 17.8. The molecule has 0 amide bonds. The van der Waals surface area contributed by atoms with Gasteiger partial charge in [0, 0.05) is 26.1 Å². The van der Waals surface area contributed by atoms with Crippen molar-refractivity contribution in [2.75, 3.05) is 19.6 Å². The molecule has 2 aromatic carbocycles. The zero-order valence-electron chi connectivity index (χ0n) is 15.7. The Morgan fingerprint density at radius 3 is 1.92 bits per heavy atom. The molecule has 2 aromatic rings. The summed E-state index contributed by atoms with van der Waals surface area (Å²) in [6.45, 7) is 3.45. The third-order valence-electron chi connectivity index (χ3n) is 6.49. The molecule has 3 fully saturated rings. The lowest BCUT2D eigenvalue weighted by atomic mass is 9.84. The fourth-order valence-corrected chi connectivity index (χ4v) is 4.94. The van der Waals surface area contributed by atoms with Crippen LogP contribution < -0.4 is 0 Å². The molecule has 2 aliphatic heterocycles. The van der Waals surface area contributed by atoms with Gasteiger partial charge in [-0.3, -0.25) is 0 Å². The molecular weight excluding hydrogens is 318 g/mol. The molecule has 1 saturated carbocycles. The van der Waals surface area contributed by atoms with Gasteiger partial charge in [0.15, 0.2) is 0 Å². The Hall–Kier alpha value is -1.64. The maximum atomic E-state index is 11.7. The molecule has 5 rings (SSSR count). The summed E-state index contributed by atoms with van der Waals surface area (Å²) in [5.74, 6) is 1.76. The number of fused-ring (bicyclic) bond motifs is 4. The Labute approximate surface area is 157 Å². The highest BCUT2D eigenvalue weighted by molar-refractivity contribution is 5.27. The molecule has 2 nitrogen and oxygen atoms in total. The van der Waals surface area contributed by atoms with Crippen molar-refractivity contribution in [2.45, 2.75) is 44.1 Å². The Morgan fingerprint density at radius 2 is 1.35 bits per heavy atom. The number of aliphatic hydroxyl groups is 1. The van der Waals surface area contributed by atoms with Crippen LogP contribution in [-0.4, -0.2) is 29.6 Å². The van der Waals surface area contributed by atoms with Gasteiger partial charge in [0.2, 0.25) is 0 Å². The van der Waals surface area contributed by atoms with Crippen LogP contribution in [0.3, 0.4) is 0 Å². The first-order chi connectivity index (χ1) is 12.7. The van der Waals surface area contributed by atoms with Gasteiger partial charge < -0.3 is 10.0 Å². The van der Waals surface area contributed by atoms with Crippen LogP contribution in [0.15, 0.2) is 60.7 Å². The maximum absolute atomic E-state index is 11.7. The molecule has 1 atom stereocenters. The summed E-state index contributed by atoms with van der Waals surface area (Å²) in [5.41, 5.74) is 1.45. The molecule has 1 N–H and O–H groups in total. The minimum absolute atomic E-state index is 0.679. The van der Waals surface area contributed by atoms with Crippen molar-refractivity contribution < 1.29 is 5.11 Å². The maximum Gasteiger partial charge on any atom is 0.0948 e. The van der Waals surface area contributed by atoms with Crippen LogP contribution in [0.1, 0.15) is 43.2 Å². The molecule has 138 valence electrons. The van der Waals surface area contributed by atoms with E-state index in [1.807, 2.05) is 24.3 Å². The second-order valence-corrected chi connectivity index (χ2v) is 8.46. The fourth-order valence-electron chi connectivity index (χ4n) is 4.94. The van der Waals surface area contributed by atoms with Crippen molar-refractivity contribution in [1.82, 2.24) is 4.90 Å². The van der Waals surface area contributed by atoms with Crippen LogP contribution in [-0.2, 0) is 12.0 Å². The lowest BCUT2D eigenvalue weighted by Gasteiger charge is -2.32. The number of nitrogens with zero attached hydrogens (tertiary/aromatic N) is 1. The van der Waals surface area contributed by atoms with Crippen molar-refractivity contribution in [3.05, 3.63) is 71.8 Å². The van der Waals surface area contributed by atoms with Crippen LogP contribution in [0.5, 0.6) is 0 Å². The van der Waals surface area contributed by atoms with E-state index in [0.29, 0.717) is 6.42 Å². The molecule has 1 unspecified atom stereocenters. The van der Waals surface area contributed by atoms with Crippen LogP contribution >= 0.6 is 0 Å². The monoisotopic (exact) mass is 349 g/mol. The minimum Gasteiger partial charge on any atom is -0.385 e. The first-order valence-corrected chi connectivity index (χ1v) is 10.3. The predicted octanol–water partition coefficient (Wildman–Crippen LogP) is 4.63. The molecule has 0 spiro atoms. The molecule has 0 radical (unpaired) electrons. The average Bonchev–Trinajstić information content (AvgIpc) is 3.01. The van der Waals surface area contributed by atoms with E-state index in [4.69, 9.17) is 0 Å². The second kappa shape index (κ2) is 7.94. The standard InChI is InChI=1S/C24H31NO/c26-24(23-9-5-2-6-10-23,17-20-7-3-1-4-8-20)15-16-25-18-21-11-12-22(19-25)14-13-21/h1-10,21-22,26H,11-19H2. The normalized spacial score (nSPS) is 25.6. The largest absolute Gasteiger partial charge is 0.385 e. The second-order valence-electron chi connectivity index (χ2n) is 8.46. The molecule has 2 heteroatoms. The molecule has 2 bridgehead atoms.